The summed E-state index contributed by atoms with van der Waals surface area (Å²) in [7, 11) is -3.84. The summed E-state index contributed by atoms with van der Waals surface area (Å²) in [6.07, 6.45) is -0.00775. The third-order valence-electron chi connectivity index (χ3n) is 2.67. The maximum Gasteiger partial charge on any atom is 0.318 e. The van der Waals surface area contributed by atoms with Gasteiger partial charge >= 0.3 is 5.97 Å². The molecule has 1 N–H and O–H groups in total. The Kier molecular flexibility index (Phi) is 5.74. The van der Waals surface area contributed by atoms with Crippen LogP contribution in [0.3, 0.4) is 0 Å². The normalized spacial score (nSPS) is 12.1. The van der Waals surface area contributed by atoms with Crippen LogP contribution in [0.1, 0.15) is 27.7 Å². The highest BCUT2D eigenvalue weighted by molar-refractivity contribution is 7.89. The number of carbonyl (C=O) groups is 1. The molecule has 0 aliphatic carbocycles. The van der Waals surface area contributed by atoms with Crippen molar-refractivity contribution >= 4 is 16.0 Å². The smallest absolute Gasteiger partial charge is 0.318 e. The molecule has 118 valence electrons. The molecule has 21 heavy (non-hydrogen) atoms. The second-order valence-electron chi connectivity index (χ2n) is 5.18. The standard InChI is InChI=1S/C14H21NO5S/c1-10(2)15(9-14(16)17)21(18,19)13-7-5-12(6-8-13)20-11(3)4/h5-8,10-11H,9H2,1-4H3,(H,16,17). The Morgan fingerprint density at radius 2 is 1.71 bits per heavy atom. The molecule has 0 amide bonds. The van der Waals surface area contributed by atoms with Crippen molar-refractivity contribution in [3.05, 3.63) is 24.3 Å². The van der Waals surface area contributed by atoms with Crippen LogP contribution in [-0.4, -0.2) is 42.5 Å². The minimum absolute atomic E-state index is 0.00775. The molecule has 0 aliphatic rings. The van der Waals surface area contributed by atoms with E-state index in [0.717, 1.165) is 4.31 Å². The van der Waals surface area contributed by atoms with Crippen molar-refractivity contribution in [3.8, 4) is 5.75 Å². The molecular weight excluding hydrogens is 294 g/mol. The number of carboxylic acid groups (broad SMARTS) is 1. The van der Waals surface area contributed by atoms with Gasteiger partial charge in [0.05, 0.1) is 11.0 Å². The van der Waals surface area contributed by atoms with Gasteiger partial charge in [-0.3, -0.25) is 4.79 Å². The maximum absolute atomic E-state index is 12.5. The molecule has 0 saturated carbocycles. The molecule has 1 aromatic carbocycles. The molecule has 0 fully saturated rings. The fraction of sp³-hybridized carbons (Fsp3) is 0.500. The summed E-state index contributed by atoms with van der Waals surface area (Å²) in [5.41, 5.74) is 0. The van der Waals surface area contributed by atoms with Gasteiger partial charge in [-0.05, 0) is 52.0 Å². The van der Waals surface area contributed by atoms with E-state index in [0.29, 0.717) is 5.75 Å². The molecule has 1 aromatic rings. The van der Waals surface area contributed by atoms with E-state index in [1.54, 1.807) is 26.0 Å². The predicted octanol–water partition coefficient (Wildman–Crippen LogP) is 1.96. The zero-order chi connectivity index (χ0) is 16.2. The van der Waals surface area contributed by atoms with Gasteiger partial charge in [0.25, 0.3) is 0 Å². The molecule has 1 rings (SSSR count). The van der Waals surface area contributed by atoms with Crippen molar-refractivity contribution in [2.75, 3.05) is 6.54 Å². The Bertz CT molecular complexity index is 578. The molecule has 0 atom stereocenters. The highest BCUT2D eigenvalue weighted by atomic mass is 32.2. The highest BCUT2D eigenvalue weighted by Crippen LogP contribution is 2.21. The molecule has 0 unspecified atom stereocenters. The molecule has 0 radical (unpaired) electrons. The van der Waals surface area contributed by atoms with Crippen molar-refractivity contribution in [2.24, 2.45) is 0 Å². The number of carboxylic acids is 1. The first kappa shape index (κ1) is 17.5. The van der Waals surface area contributed by atoms with Crippen molar-refractivity contribution < 1.29 is 23.1 Å². The largest absolute Gasteiger partial charge is 0.491 e. The number of benzene rings is 1. The van der Waals surface area contributed by atoms with Gasteiger partial charge in [0.1, 0.15) is 12.3 Å². The second-order valence-corrected chi connectivity index (χ2v) is 7.07. The third kappa shape index (κ3) is 4.71. The second kappa shape index (κ2) is 6.91. The Morgan fingerprint density at radius 1 is 1.19 bits per heavy atom. The Labute approximate surface area is 125 Å². The lowest BCUT2D eigenvalue weighted by molar-refractivity contribution is -0.137. The summed E-state index contributed by atoms with van der Waals surface area (Å²) in [4.78, 5) is 10.9. The summed E-state index contributed by atoms with van der Waals surface area (Å²) in [6, 6.07) is 5.52. The SMILES string of the molecule is CC(C)Oc1ccc(S(=O)(=O)N(CC(=O)O)C(C)C)cc1. The van der Waals surface area contributed by atoms with Crippen LogP contribution in [0.25, 0.3) is 0 Å². The van der Waals surface area contributed by atoms with Crippen molar-refractivity contribution in [1.29, 1.82) is 0 Å². The van der Waals surface area contributed by atoms with E-state index in [2.05, 4.69) is 0 Å². The van der Waals surface area contributed by atoms with Gasteiger partial charge in [-0.15, -0.1) is 0 Å². The van der Waals surface area contributed by atoms with E-state index < -0.39 is 28.6 Å². The van der Waals surface area contributed by atoms with Crippen LogP contribution in [0.4, 0.5) is 0 Å². The first-order chi connectivity index (χ1) is 9.64. The van der Waals surface area contributed by atoms with Crippen LogP contribution >= 0.6 is 0 Å². The molecular formula is C14H21NO5S. The minimum atomic E-state index is -3.84. The van der Waals surface area contributed by atoms with E-state index in [1.807, 2.05) is 13.8 Å². The predicted molar refractivity (Wildman–Crippen MR) is 78.9 cm³/mol. The summed E-state index contributed by atoms with van der Waals surface area (Å²) < 4.78 is 31.3. The Balaban J connectivity index is 3.07. The van der Waals surface area contributed by atoms with E-state index in [-0.39, 0.29) is 11.0 Å². The van der Waals surface area contributed by atoms with Gasteiger partial charge in [0.15, 0.2) is 0 Å². The topological polar surface area (TPSA) is 83.9 Å². The van der Waals surface area contributed by atoms with Gasteiger partial charge in [-0.1, -0.05) is 0 Å². The van der Waals surface area contributed by atoms with Gasteiger partial charge in [-0.25, -0.2) is 8.42 Å². The van der Waals surface area contributed by atoms with Crippen LogP contribution in [0.2, 0.25) is 0 Å². The van der Waals surface area contributed by atoms with E-state index in [9.17, 15) is 13.2 Å². The fourth-order valence-corrected chi connectivity index (χ4v) is 3.36. The van der Waals surface area contributed by atoms with Gasteiger partial charge < -0.3 is 9.84 Å². The van der Waals surface area contributed by atoms with E-state index >= 15 is 0 Å². The Hall–Kier alpha value is -1.60. The monoisotopic (exact) mass is 315 g/mol. The number of nitrogens with zero attached hydrogens (tertiary/aromatic N) is 1. The number of sulfonamides is 1. The lowest BCUT2D eigenvalue weighted by Gasteiger charge is -2.24. The van der Waals surface area contributed by atoms with E-state index in [1.165, 1.54) is 12.1 Å². The third-order valence-corrected chi connectivity index (χ3v) is 4.71. The van der Waals surface area contributed by atoms with Crippen LogP contribution in [-0.2, 0) is 14.8 Å². The Morgan fingerprint density at radius 3 is 2.10 bits per heavy atom. The minimum Gasteiger partial charge on any atom is -0.491 e. The van der Waals surface area contributed by atoms with Crippen LogP contribution in [0, 0.1) is 0 Å². The molecule has 6 nitrogen and oxygen atoms in total. The number of ether oxygens (including phenoxy) is 1. The van der Waals surface area contributed by atoms with Crippen LogP contribution in [0.15, 0.2) is 29.2 Å². The van der Waals surface area contributed by atoms with E-state index in [4.69, 9.17) is 9.84 Å². The summed E-state index contributed by atoms with van der Waals surface area (Å²) >= 11 is 0. The first-order valence-corrected chi connectivity index (χ1v) is 8.09. The summed E-state index contributed by atoms with van der Waals surface area (Å²) in [5, 5.41) is 8.86. The number of rotatable bonds is 7. The summed E-state index contributed by atoms with van der Waals surface area (Å²) in [6.45, 7) is 6.45. The zero-order valence-electron chi connectivity index (χ0n) is 12.6. The average molecular weight is 315 g/mol. The lowest BCUT2D eigenvalue weighted by Crippen LogP contribution is -2.40. The fourth-order valence-electron chi connectivity index (χ4n) is 1.78. The molecule has 0 heterocycles. The average Bonchev–Trinajstić information content (AvgIpc) is 2.35. The zero-order valence-corrected chi connectivity index (χ0v) is 13.4. The quantitative estimate of drug-likeness (QED) is 0.831. The highest BCUT2D eigenvalue weighted by Gasteiger charge is 2.28. The molecule has 0 aromatic heterocycles. The summed E-state index contributed by atoms with van der Waals surface area (Å²) in [5.74, 6) is -0.620. The molecule has 0 bridgehead atoms. The number of hydrogen-bond acceptors (Lipinski definition) is 4. The molecule has 0 aliphatic heterocycles. The van der Waals surface area contributed by atoms with Crippen LogP contribution in [0.5, 0.6) is 5.75 Å². The van der Waals surface area contributed by atoms with Crippen LogP contribution < -0.4 is 4.74 Å². The molecule has 0 saturated heterocycles. The molecule has 7 heteroatoms. The van der Waals surface area contributed by atoms with Gasteiger partial charge in [0.2, 0.25) is 10.0 Å². The van der Waals surface area contributed by atoms with Gasteiger partial charge in [-0.2, -0.15) is 4.31 Å². The van der Waals surface area contributed by atoms with Crippen molar-refractivity contribution in [2.45, 2.75) is 44.7 Å². The maximum atomic E-state index is 12.5. The molecule has 0 spiro atoms. The number of aliphatic carboxylic acids is 1. The first-order valence-electron chi connectivity index (χ1n) is 6.65. The van der Waals surface area contributed by atoms with Crippen molar-refractivity contribution in [1.82, 2.24) is 4.31 Å². The van der Waals surface area contributed by atoms with Crippen molar-refractivity contribution in [3.63, 3.8) is 0 Å². The number of hydrogen-bond donors (Lipinski definition) is 1. The lowest BCUT2D eigenvalue weighted by atomic mass is 10.3. The van der Waals surface area contributed by atoms with Gasteiger partial charge in [0, 0.05) is 6.04 Å².